The predicted octanol–water partition coefficient (Wildman–Crippen LogP) is 4.40. The van der Waals surface area contributed by atoms with Crippen molar-refractivity contribution < 1.29 is 13.2 Å². The van der Waals surface area contributed by atoms with Gasteiger partial charge < -0.3 is 5.32 Å². The van der Waals surface area contributed by atoms with Crippen molar-refractivity contribution in [2.75, 3.05) is 5.32 Å². The number of nitrogens with one attached hydrogen (secondary N) is 1. The van der Waals surface area contributed by atoms with E-state index in [0.29, 0.717) is 16.9 Å². The second-order valence-electron chi connectivity index (χ2n) is 4.50. The molecule has 1 aliphatic carbocycles. The van der Waals surface area contributed by atoms with Crippen LogP contribution in [0.1, 0.15) is 18.4 Å². The largest absolute Gasteiger partial charge is 0.417 e. The lowest BCUT2D eigenvalue weighted by molar-refractivity contribution is -0.137. The molecule has 1 N–H and O–H groups in total. The lowest BCUT2D eigenvalue weighted by atomic mass is 10.1. The van der Waals surface area contributed by atoms with Crippen LogP contribution in [0.2, 0.25) is 0 Å². The van der Waals surface area contributed by atoms with E-state index in [1.54, 1.807) is 11.4 Å². The Morgan fingerprint density at radius 1 is 1.21 bits per heavy atom. The molecule has 0 spiro atoms. The molecule has 1 fully saturated rings. The van der Waals surface area contributed by atoms with Gasteiger partial charge in [-0.05, 0) is 18.9 Å². The fourth-order valence-electron chi connectivity index (χ4n) is 1.82. The van der Waals surface area contributed by atoms with Crippen molar-refractivity contribution in [1.29, 1.82) is 0 Å². The van der Waals surface area contributed by atoms with Gasteiger partial charge in [0.2, 0.25) is 0 Å². The molecule has 0 aliphatic heterocycles. The van der Waals surface area contributed by atoms with Crippen LogP contribution in [-0.4, -0.2) is 11.0 Å². The van der Waals surface area contributed by atoms with Crippen LogP contribution < -0.4 is 5.32 Å². The molecule has 19 heavy (non-hydrogen) atoms. The summed E-state index contributed by atoms with van der Waals surface area (Å²) in [5.74, 6) is 0. The molecule has 1 aliphatic rings. The Morgan fingerprint density at radius 2 is 1.95 bits per heavy atom. The van der Waals surface area contributed by atoms with E-state index >= 15 is 0 Å². The van der Waals surface area contributed by atoms with E-state index in [1.807, 2.05) is 0 Å². The standard InChI is InChI=1S/C13H11F3N2S/c14-13(15,16)10-4-2-1-3-9(10)11-7-19-12(18-11)17-8-5-6-8/h1-4,7-8H,5-6H2,(H,17,18). The van der Waals surface area contributed by atoms with Crippen LogP contribution in [-0.2, 0) is 6.18 Å². The normalized spacial score (nSPS) is 15.5. The van der Waals surface area contributed by atoms with E-state index in [0.717, 1.165) is 18.9 Å². The summed E-state index contributed by atoms with van der Waals surface area (Å²) in [6, 6.07) is 5.97. The van der Waals surface area contributed by atoms with Crippen LogP contribution in [0.5, 0.6) is 0 Å². The van der Waals surface area contributed by atoms with Gasteiger partial charge in [-0.2, -0.15) is 13.2 Å². The molecule has 0 bridgehead atoms. The lowest BCUT2D eigenvalue weighted by Gasteiger charge is -2.10. The van der Waals surface area contributed by atoms with Crippen molar-refractivity contribution in [3.63, 3.8) is 0 Å². The first-order valence-corrected chi connectivity index (χ1v) is 6.80. The van der Waals surface area contributed by atoms with Crippen LogP contribution in [0.25, 0.3) is 11.3 Å². The van der Waals surface area contributed by atoms with Crippen molar-refractivity contribution in [3.05, 3.63) is 35.2 Å². The molecule has 0 unspecified atom stereocenters. The number of thiazole rings is 1. The molecule has 0 saturated heterocycles. The van der Waals surface area contributed by atoms with Crippen LogP contribution >= 0.6 is 11.3 Å². The van der Waals surface area contributed by atoms with E-state index in [9.17, 15) is 13.2 Å². The third-order valence-electron chi connectivity index (χ3n) is 2.92. The minimum absolute atomic E-state index is 0.134. The summed E-state index contributed by atoms with van der Waals surface area (Å²) < 4.78 is 38.8. The molecule has 2 nitrogen and oxygen atoms in total. The number of alkyl halides is 3. The highest BCUT2D eigenvalue weighted by atomic mass is 32.1. The number of halogens is 3. The summed E-state index contributed by atoms with van der Waals surface area (Å²) in [5.41, 5.74) is -0.130. The van der Waals surface area contributed by atoms with E-state index in [4.69, 9.17) is 0 Å². The van der Waals surface area contributed by atoms with Gasteiger partial charge in [-0.1, -0.05) is 18.2 Å². The zero-order chi connectivity index (χ0) is 13.5. The summed E-state index contributed by atoms with van der Waals surface area (Å²) in [5, 5.41) is 5.54. The van der Waals surface area contributed by atoms with Crippen molar-refractivity contribution in [2.45, 2.75) is 25.1 Å². The Bertz CT molecular complexity index is 588. The van der Waals surface area contributed by atoms with Crippen LogP contribution in [0.3, 0.4) is 0 Å². The topological polar surface area (TPSA) is 24.9 Å². The van der Waals surface area contributed by atoms with Crippen molar-refractivity contribution >= 4 is 16.5 Å². The zero-order valence-electron chi connectivity index (χ0n) is 9.87. The lowest BCUT2D eigenvalue weighted by Crippen LogP contribution is -2.07. The molecule has 0 amide bonds. The SMILES string of the molecule is FC(F)(F)c1ccccc1-c1csc(NC2CC2)n1. The Labute approximate surface area is 112 Å². The van der Waals surface area contributed by atoms with Crippen LogP contribution in [0, 0.1) is 0 Å². The highest BCUT2D eigenvalue weighted by Crippen LogP contribution is 2.38. The van der Waals surface area contributed by atoms with E-state index in [2.05, 4.69) is 10.3 Å². The maximum absolute atomic E-state index is 12.9. The van der Waals surface area contributed by atoms with Gasteiger partial charge >= 0.3 is 6.18 Å². The maximum Gasteiger partial charge on any atom is 0.417 e. The number of aromatic nitrogens is 1. The number of hydrogen-bond acceptors (Lipinski definition) is 3. The molecule has 100 valence electrons. The molecule has 0 atom stereocenters. The molecule has 1 saturated carbocycles. The average Bonchev–Trinajstić information content (AvgIpc) is 3.04. The minimum atomic E-state index is -4.36. The van der Waals surface area contributed by atoms with Gasteiger partial charge in [-0.3, -0.25) is 0 Å². The highest BCUT2D eigenvalue weighted by Gasteiger charge is 2.34. The summed E-state index contributed by atoms with van der Waals surface area (Å²) in [7, 11) is 0. The molecule has 2 aromatic rings. The quantitative estimate of drug-likeness (QED) is 0.903. The first-order valence-electron chi connectivity index (χ1n) is 5.93. The molecule has 6 heteroatoms. The van der Waals surface area contributed by atoms with Crippen molar-refractivity contribution in [1.82, 2.24) is 4.98 Å². The van der Waals surface area contributed by atoms with Gasteiger partial charge in [0, 0.05) is 17.0 Å². The monoisotopic (exact) mass is 284 g/mol. The molecular formula is C13H11F3N2S. The van der Waals surface area contributed by atoms with Gasteiger partial charge in [-0.15, -0.1) is 11.3 Å². The molecule has 1 heterocycles. The summed E-state index contributed by atoms with van der Waals surface area (Å²) in [4.78, 5) is 4.24. The summed E-state index contributed by atoms with van der Waals surface area (Å²) in [6.45, 7) is 0. The number of rotatable bonds is 3. The van der Waals surface area contributed by atoms with Crippen LogP contribution in [0.15, 0.2) is 29.6 Å². The fourth-order valence-corrected chi connectivity index (χ4v) is 2.61. The Hall–Kier alpha value is -1.56. The fraction of sp³-hybridized carbons (Fsp3) is 0.308. The first-order chi connectivity index (χ1) is 9.04. The zero-order valence-corrected chi connectivity index (χ0v) is 10.7. The Balaban J connectivity index is 1.94. The molecular weight excluding hydrogens is 273 g/mol. The van der Waals surface area contributed by atoms with Gasteiger partial charge in [0.1, 0.15) is 0 Å². The van der Waals surface area contributed by atoms with Gasteiger partial charge in [-0.25, -0.2) is 4.98 Å². The van der Waals surface area contributed by atoms with Crippen molar-refractivity contribution in [3.8, 4) is 11.3 Å². The average molecular weight is 284 g/mol. The maximum atomic E-state index is 12.9. The van der Waals surface area contributed by atoms with Gasteiger partial charge in [0.05, 0.1) is 11.3 Å². The third-order valence-corrected chi connectivity index (χ3v) is 3.69. The number of hydrogen-bond donors (Lipinski definition) is 1. The summed E-state index contributed by atoms with van der Waals surface area (Å²) in [6.07, 6.45) is -2.15. The van der Waals surface area contributed by atoms with E-state index in [1.165, 1.54) is 23.5 Å². The molecule has 1 aromatic carbocycles. The van der Waals surface area contributed by atoms with E-state index < -0.39 is 11.7 Å². The third kappa shape index (κ3) is 2.73. The predicted molar refractivity (Wildman–Crippen MR) is 69.2 cm³/mol. The summed E-state index contributed by atoms with van der Waals surface area (Å²) >= 11 is 1.34. The van der Waals surface area contributed by atoms with E-state index in [-0.39, 0.29) is 5.56 Å². The Morgan fingerprint density at radius 3 is 2.63 bits per heavy atom. The number of nitrogens with zero attached hydrogens (tertiary/aromatic N) is 1. The number of benzene rings is 1. The van der Waals surface area contributed by atoms with Gasteiger partial charge in [0.15, 0.2) is 5.13 Å². The molecule has 0 radical (unpaired) electrons. The highest BCUT2D eigenvalue weighted by molar-refractivity contribution is 7.14. The number of anilines is 1. The molecule has 1 aromatic heterocycles. The first kappa shape index (κ1) is 12.5. The minimum Gasteiger partial charge on any atom is -0.359 e. The smallest absolute Gasteiger partial charge is 0.359 e. The van der Waals surface area contributed by atoms with Gasteiger partial charge in [0.25, 0.3) is 0 Å². The second-order valence-corrected chi connectivity index (χ2v) is 5.36. The van der Waals surface area contributed by atoms with Crippen molar-refractivity contribution in [2.24, 2.45) is 0 Å². The Kier molecular flexibility index (Phi) is 2.97. The second kappa shape index (κ2) is 4.52. The molecule has 3 rings (SSSR count). The van der Waals surface area contributed by atoms with Crippen LogP contribution in [0.4, 0.5) is 18.3 Å².